The average molecular weight is 471 g/mol. The Morgan fingerprint density at radius 2 is 1.14 bits per heavy atom. The molecule has 0 heterocycles. The lowest BCUT2D eigenvalue weighted by Gasteiger charge is -2.18. The Hall–Kier alpha value is -4.70. The Morgan fingerprint density at radius 3 is 1.69 bits per heavy atom. The summed E-state index contributed by atoms with van der Waals surface area (Å²) < 4.78 is 5.09. The zero-order chi connectivity index (χ0) is 24.6. The third kappa shape index (κ3) is 3.55. The molecule has 0 saturated heterocycles. The van der Waals surface area contributed by atoms with E-state index >= 15 is 0 Å². The fourth-order valence-corrected chi connectivity index (χ4v) is 5.40. The molecule has 6 aromatic carbocycles. The highest BCUT2D eigenvalue weighted by Crippen LogP contribution is 2.43. The van der Waals surface area contributed by atoms with E-state index in [1.165, 1.54) is 5.39 Å². The molecule has 36 heavy (non-hydrogen) atoms. The third-order valence-electron chi connectivity index (χ3n) is 6.93. The summed E-state index contributed by atoms with van der Waals surface area (Å²) in [5.74, 6) is -0.845. The molecule has 0 aliphatic rings. The van der Waals surface area contributed by atoms with Crippen LogP contribution in [0.2, 0.25) is 0 Å². The molecule has 0 aromatic heterocycles. The van der Waals surface area contributed by atoms with Gasteiger partial charge in [0.05, 0.1) is 6.42 Å². The first kappa shape index (κ1) is 21.8. The number of carbonyl (C=O) groups is 2. The predicted molar refractivity (Wildman–Crippen MR) is 143 cm³/mol. The minimum Gasteiger partial charge on any atom is -0.481 e. The molecule has 0 aliphatic heterocycles. The van der Waals surface area contributed by atoms with Crippen molar-refractivity contribution in [3.63, 3.8) is 0 Å². The molecule has 0 spiro atoms. The summed E-state index contributed by atoms with van der Waals surface area (Å²) in [7, 11) is 0. The number of carboxylic acid groups (broad SMARTS) is 1. The first-order valence-corrected chi connectivity index (χ1v) is 11.8. The number of carbonyl (C=O) groups excluding carboxylic acids is 1. The Bertz CT molecular complexity index is 1770. The van der Waals surface area contributed by atoms with Gasteiger partial charge in [0.15, 0.2) is 0 Å². The van der Waals surface area contributed by atoms with Gasteiger partial charge in [0.25, 0.3) is 6.47 Å². The lowest BCUT2D eigenvalue weighted by Crippen LogP contribution is -2.02. The van der Waals surface area contributed by atoms with Crippen molar-refractivity contribution in [2.24, 2.45) is 0 Å². The smallest absolute Gasteiger partial charge is 0.307 e. The van der Waals surface area contributed by atoms with Crippen LogP contribution in [0.5, 0.6) is 0 Å². The molecule has 6 aromatic rings. The molecule has 4 nitrogen and oxygen atoms in total. The normalized spacial score (nSPS) is 11.3. The minimum atomic E-state index is -0.845. The standard InChI is InChI=1S/C32H22O4/c33-19-36-18-23-6-2-4-8-25(23)27-14-10-21-11-15-28-26(24-7-3-1-5-22(24)17-30(34)35)13-9-20-12-16-29(27)32(21)31(20)28/h1-16,19H,17-18H2,(H,34,35). The van der Waals surface area contributed by atoms with E-state index in [1.54, 1.807) is 0 Å². The average Bonchev–Trinajstić information content (AvgIpc) is 2.90. The zero-order valence-electron chi connectivity index (χ0n) is 19.4. The van der Waals surface area contributed by atoms with Gasteiger partial charge in [-0.05, 0) is 65.7 Å². The zero-order valence-corrected chi connectivity index (χ0v) is 19.4. The van der Waals surface area contributed by atoms with Crippen molar-refractivity contribution in [3.05, 3.63) is 108 Å². The Balaban J connectivity index is 1.64. The molecule has 0 fully saturated rings. The van der Waals surface area contributed by atoms with E-state index in [0.29, 0.717) is 6.47 Å². The van der Waals surface area contributed by atoms with Crippen LogP contribution in [0.1, 0.15) is 11.1 Å². The van der Waals surface area contributed by atoms with E-state index in [9.17, 15) is 14.7 Å². The van der Waals surface area contributed by atoms with Gasteiger partial charge in [-0.15, -0.1) is 0 Å². The van der Waals surface area contributed by atoms with Gasteiger partial charge in [-0.3, -0.25) is 9.59 Å². The number of ether oxygens (including phenoxy) is 1. The summed E-state index contributed by atoms with van der Waals surface area (Å²) >= 11 is 0. The number of carboxylic acids is 1. The largest absolute Gasteiger partial charge is 0.481 e. The highest BCUT2D eigenvalue weighted by molar-refractivity contribution is 6.27. The van der Waals surface area contributed by atoms with E-state index in [2.05, 4.69) is 54.6 Å². The molecule has 0 bridgehead atoms. The highest BCUT2D eigenvalue weighted by atomic mass is 16.5. The molecule has 0 atom stereocenters. The Kier molecular flexibility index (Phi) is 5.34. The van der Waals surface area contributed by atoms with Crippen molar-refractivity contribution in [1.29, 1.82) is 0 Å². The molecular weight excluding hydrogens is 448 g/mol. The summed E-state index contributed by atoms with van der Waals surface area (Å²) in [4.78, 5) is 22.4. The fraction of sp³-hybridized carbons (Fsp3) is 0.0625. The van der Waals surface area contributed by atoms with Crippen LogP contribution < -0.4 is 0 Å². The summed E-state index contributed by atoms with van der Waals surface area (Å²) in [6.07, 6.45) is -0.0258. The number of rotatable bonds is 7. The van der Waals surface area contributed by atoms with Crippen LogP contribution >= 0.6 is 0 Å². The van der Waals surface area contributed by atoms with Crippen molar-refractivity contribution in [2.75, 3.05) is 0 Å². The van der Waals surface area contributed by atoms with Crippen molar-refractivity contribution in [3.8, 4) is 22.3 Å². The van der Waals surface area contributed by atoms with Crippen LogP contribution in [0.4, 0.5) is 0 Å². The number of benzene rings is 6. The van der Waals surface area contributed by atoms with Crippen LogP contribution in [-0.2, 0) is 27.4 Å². The third-order valence-corrected chi connectivity index (χ3v) is 6.93. The summed E-state index contributed by atoms with van der Waals surface area (Å²) in [6, 6.07) is 32.8. The maximum atomic E-state index is 11.5. The first-order chi connectivity index (χ1) is 17.7. The minimum absolute atomic E-state index is 0.0258. The number of hydrogen-bond acceptors (Lipinski definition) is 3. The van der Waals surface area contributed by atoms with Gasteiger partial charge >= 0.3 is 5.97 Å². The lowest BCUT2D eigenvalue weighted by molar-refractivity contribution is -0.136. The molecule has 0 amide bonds. The van der Waals surface area contributed by atoms with E-state index < -0.39 is 5.97 Å². The summed E-state index contributed by atoms with van der Waals surface area (Å²) in [5.41, 5.74) is 5.82. The molecule has 0 aliphatic carbocycles. The van der Waals surface area contributed by atoms with Crippen LogP contribution in [0.25, 0.3) is 54.6 Å². The van der Waals surface area contributed by atoms with Gasteiger partial charge in [-0.25, -0.2) is 0 Å². The maximum Gasteiger partial charge on any atom is 0.307 e. The fourth-order valence-electron chi connectivity index (χ4n) is 5.40. The Morgan fingerprint density at radius 1 is 0.639 bits per heavy atom. The topological polar surface area (TPSA) is 63.6 Å². The number of hydrogen-bond donors (Lipinski definition) is 1. The maximum absolute atomic E-state index is 11.5. The molecule has 0 radical (unpaired) electrons. The van der Waals surface area contributed by atoms with E-state index in [1.807, 2.05) is 42.5 Å². The van der Waals surface area contributed by atoms with Crippen molar-refractivity contribution in [1.82, 2.24) is 0 Å². The number of aliphatic carboxylic acids is 1. The van der Waals surface area contributed by atoms with Gasteiger partial charge in [0.1, 0.15) is 6.61 Å². The van der Waals surface area contributed by atoms with Crippen LogP contribution in [0.3, 0.4) is 0 Å². The van der Waals surface area contributed by atoms with Crippen molar-refractivity contribution in [2.45, 2.75) is 13.0 Å². The van der Waals surface area contributed by atoms with Gasteiger partial charge in [-0.2, -0.15) is 0 Å². The Labute approximate surface area is 207 Å². The molecule has 174 valence electrons. The highest BCUT2D eigenvalue weighted by Gasteiger charge is 2.17. The molecule has 0 unspecified atom stereocenters. The monoisotopic (exact) mass is 470 g/mol. The van der Waals surface area contributed by atoms with Crippen LogP contribution in [0.15, 0.2) is 97.1 Å². The van der Waals surface area contributed by atoms with E-state index in [-0.39, 0.29) is 13.0 Å². The van der Waals surface area contributed by atoms with Gasteiger partial charge < -0.3 is 9.84 Å². The molecular formula is C32H22O4. The van der Waals surface area contributed by atoms with Crippen LogP contribution in [-0.4, -0.2) is 17.5 Å². The molecule has 0 saturated carbocycles. The molecule has 6 rings (SSSR count). The van der Waals surface area contributed by atoms with Crippen LogP contribution in [0, 0.1) is 0 Å². The second-order valence-corrected chi connectivity index (χ2v) is 8.94. The van der Waals surface area contributed by atoms with E-state index in [4.69, 9.17) is 4.74 Å². The molecule has 4 heteroatoms. The second kappa shape index (κ2) is 8.82. The molecule has 1 N–H and O–H groups in total. The van der Waals surface area contributed by atoms with Gasteiger partial charge in [0.2, 0.25) is 0 Å². The van der Waals surface area contributed by atoms with Gasteiger partial charge in [-0.1, -0.05) is 97.1 Å². The lowest BCUT2D eigenvalue weighted by atomic mass is 9.85. The quantitative estimate of drug-likeness (QED) is 0.198. The van der Waals surface area contributed by atoms with Crippen molar-refractivity contribution < 1.29 is 19.4 Å². The van der Waals surface area contributed by atoms with E-state index in [0.717, 1.165) is 60.3 Å². The van der Waals surface area contributed by atoms with Crippen molar-refractivity contribution >= 4 is 44.8 Å². The van der Waals surface area contributed by atoms with Gasteiger partial charge in [0, 0.05) is 0 Å². The second-order valence-electron chi connectivity index (χ2n) is 8.94. The summed E-state index contributed by atoms with van der Waals surface area (Å²) in [6.45, 7) is 0.691. The SMILES string of the molecule is O=COCc1ccccc1-c1ccc2ccc3c(-c4ccccc4CC(=O)O)ccc4ccc1c2c43. The predicted octanol–water partition coefficient (Wildman–Crippen LogP) is 7.22. The first-order valence-electron chi connectivity index (χ1n) is 11.8. The summed E-state index contributed by atoms with van der Waals surface area (Å²) in [5, 5.41) is 16.3.